The summed E-state index contributed by atoms with van der Waals surface area (Å²) in [5.74, 6) is 0.214. The van der Waals surface area contributed by atoms with Crippen LogP contribution in [0.1, 0.15) is 30.1 Å². The van der Waals surface area contributed by atoms with Crippen LogP contribution in [0.25, 0.3) is 11.1 Å². The number of hydrogen-bond donors (Lipinski definition) is 0. The molecule has 1 saturated heterocycles. The molecule has 0 saturated carbocycles. The van der Waals surface area contributed by atoms with Crippen LogP contribution in [0.15, 0.2) is 48.5 Å². The standard InChI is InChI=1S/C18H19NO/c1-2-17(20)15-10-6-11-16(19-12-7-13-19)18(15)14-8-4-3-5-9-14/h3-6,8-11H,2,7,12-13H2,1H3. The Hall–Kier alpha value is -2.09. The molecule has 2 heteroatoms. The molecular formula is C18H19NO. The summed E-state index contributed by atoms with van der Waals surface area (Å²) in [7, 11) is 0. The van der Waals surface area contributed by atoms with Crippen LogP contribution in [-0.2, 0) is 0 Å². The predicted octanol–water partition coefficient (Wildman–Crippen LogP) is 4.16. The molecule has 1 fully saturated rings. The lowest BCUT2D eigenvalue weighted by atomic mass is 9.93. The van der Waals surface area contributed by atoms with Crippen LogP contribution >= 0.6 is 0 Å². The van der Waals surface area contributed by atoms with Crippen LogP contribution in [0.3, 0.4) is 0 Å². The Bertz CT molecular complexity index is 615. The monoisotopic (exact) mass is 265 g/mol. The van der Waals surface area contributed by atoms with Crippen molar-refractivity contribution in [3.8, 4) is 11.1 Å². The fourth-order valence-corrected chi connectivity index (χ4v) is 2.69. The van der Waals surface area contributed by atoms with Gasteiger partial charge in [-0.1, -0.05) is 49.4 Å². The molecular weight excluding hydrogens is 246 g/mol. The van der Waals surface area contributed by atoms with E-state index in [2.05, 4.69) is 23.1 Å². The summed E-state index contributed by atoms with van der Waals surface area (Å²) in [5.41, 5.74) is 4.27. The second kappa shape index (κ2) is 5.49. The van der Waals surface area contributed by atoms with E-state index in [9.17, 15) is 4.79 Å². The van der Waals surface area contributed by atoms with Gasteiger partial charge in [-0.25, -0.2) is 0 Å². The largest absolute Gasteiger partial charge is 0.371 e. The van der Waals surface area contributed by atoms with Gasteiger partial charge in [-0.3, -0.25) is 4.79 Å². The van der Waals surface area contributed by atoms with Crippen LogP contribution < -0.4 is 4.90 Å². The molecule has 2 aromatic rings. The molecule has 0 radical (unpaired) electrons. The normalized spacial score (nSPS) is 13.9. The molecule has 3 rings (SSSR count). The maximum atomic E-state index is 12.3. The topological polar surface area (TPSA) is 20.3 Å². The number of hydrogen-bond acceptors (Lipinski definition) is 2. The highest BCUT2D eigenvalue weighted by Crippen LogP contribution is 2.36. The van der Waals surface area contributed by atoms with Gasteiger partial charge < -0.3 is 4.90 Å². The zero-order valence-electron chi connectivity index (χ0n) is 11.8. The third kappa shape index (κ3) is 2.22. The van der Waals surface area contributed by atoms with E-state index in [1.807, 2.05) is 37.3 Å². The number of benzene rings is 2. The minimum absolute atomic E-state index is 0.214. The van der Waals surface area contributed by atoms with Crippen molar-refractivity contribution >= 4 is 11.5 Å². The summed E-state index contributed by atoms with van der Waals surface area (Å²) in [4.78, 5) is 14.6. The van der Waals surface area contributed by atoms with Gasteiger partial charge in [0.2, 0.25) is 0 Å². The van der Waals surface area contributed by atoms with Crippen LogP contribution in [0, 0.1) is 0 Å². The first-order valence-electron chi connectivity index (χ1n) is 7.28. The smallest absolute Gasteiger partial charge is 0.163 e. The number of carbonyl (C=O) groups excluding carboxylic acids is 1. The van der Waals surface area contributed by atoms with Gasteiger partial charge in [-0.2, -0.15) is 0 Å². The van der Waals surface area contributed by atoms with Crippen molar-refractivity contribution in [2.75, 3.05) is 18.0 Å². The lowest BCUT2D eigenvalue weighted by molar-refractivity contribution is 0.0989. The fraction of sp³-hybridized carbons (Fsp3) is 0.278. The van der Waals surface area contributed by atoms with Gasteiger partial charge in [0.15, 0.2) is 5.78 Å². The summed E-state index contributed by atoms with van der Waals surface area (Å²) in [5, 5.41) is 0. The quantitative estimate of drug-likeness (QED) is 0.774. The summed E-state index contributed by atoms with van der Waals surface area (Å²) in [6.07, 6.45) is 1.78. The molecule has 2 nitrogen and oxygen atoms in total. The zero-order valence-corrected chi connectivity index (χ0v) is 11.8. The maximum absolute atomic E-state index is 12.3. The molecule has 2 aromatic carbocycles. The Kier molecular flexibility index (Phi) is 3.55. The average Bonchev–Trinajstić information content (AvgIpc) is 2.45. The predicted molar refractivity (Wildman–Crippen MR) is 83.3 cm³/mol. The summed E-state index contributed by atoms with van der Waals surface area (Å²) >= 11 is 0. The van der Waals surface area contributed by atoms with Gasteiger partial charge in [-0.05, 0) is 18.1 Å². The Morgan fingerprint density at radius 3 is 2.40 bits per heavy atom. The van der Waals surface area contributed by atoms with E-state index < -0.39 is 0 Å². The Morgan fingerprint density at radius 1 is 1.05 bits per heavy atom. The minimum atomic E-state index is 0.214. The highest BCUT2D eigenvalue weighted by molar-refractivity contribution is 6.05. The van der Waals surface area contributed by atoms with E-state index in [0.717, 1.165) is 29.8 Å². The number of ketones is 1. The van der Waals surface area contributed by atoms with Gasteiger partial charge in [0.1, 0.15) is 0 Å². The summed E-state index contributed by atoms with van der Waals surface area (Å²) < 4.78 is 0. The second-order valence-corrected chi connectivity index (χ2v) is 5.18. The maximum Gasteiger partial charge on any atom is 0.163 e. The highest BCUT2D eigenvalue weighted by Gasteiger charge is 2.22. The second-order valence-electron chi connectivity index (χ2n) is 5.18. The first-order chi connectivity index (χ1) is 9.81. The van der Waals surface area contributed by atoms with E-state index in [4.69, 9.17) is 0 Å². The number of Topliss-reactive ketones (excluding diaryl/α,β-unsaturated/α-hetero) is 1. The molecule has 0 unspecified atom stereocenters. The molecule has 0 bridgehead atoms. The van der Waals surface area contributed by atoms with Crippen molar-refractivity contribution < 1.29 is 4.79 Å². The molecule has 0 spiro atoms. The molecule has 1 heterocycles. The molecule has 0 N–H and O–H groups in total. The molecule has 0 aromatic heterocycles. The highest BCUT2D eigenvalue weighted by atomic mass is 16.1. The SMILES string of the molecule is CCC(=O)c1cccc(N2CCC2)c1-c1ccccc1. The zero-order chi connectivity index (χ0) is 13.9. The van der Waals surface area contributed by atoms with E-state index in [1.54, 1.807) is 0 Å². The van der Waals surface area contributed by atoms with E-state index in [-0.39, 0.29) is 5.78 Å². The van der Waals surface area contributed by atoms with Crippen molar-refractivity contribution in [3.63, 3.8) is 0 Å². The molecule has 0 atom stereocenters. The van der Waals surface area contributed by atoms with E-state index >= 15 is 0 Å². The molecule has 20 heavy (non-hydrogen) atoms. The fourth-order valence-electron chi connectivity index (χ4n) is 2.69. The van der Waals surface area contributed by atoms with Gasteiger partial charge in [0.25, 0.3) is 0 Å². The third-order valence-corrected chi connectivity index (χ3v) is 3.92. The molecule has 1 aliphatic heterocycles. The first-order valence-corrected chi connectivity index (χ1v) is 7.28. The Labute approximate surface area is 120 Å². The van der Waals surface area contributed by atoms with Crippen molar-refractivity contribution in [2.45, 2.75) is 19.8 Å². The lowest BCUT2D eigenvalue weighted by Crippen LogP contribution is -2.37. The molecule has 102 valence electrons. The number of anilines is 1. The first kappa shape index (κ1) is 12.9. The van der Waals surface area contributed by atoms with E-state index in [0.29, 0.717) is 6.42 Å². The van der Waals surface area contributed by atoms with Crippen molar-refractivity contribution in [3.05, 3.63) is 54.1 Å². The van der Waals surface area contributed by atoms with Crippen LogP contribution in [0.4, 0.5) is 5.69 Å². The summed E-state index contributed by atoms with van der Waals surface area (Å²) in [6.45, 7) is 4.10. The van der Waals surface area contributed by atoms with Crippen molar-refractivity contribution in [2.24, 2.45) is 0 Å². The molecule has 0 amide bonds. The lowest BCUT2D eigenvalue weighted by Gasteiger charge is -2.35. The van der Waals surface area contributed by atoms with Gasteiger partial charge >= 0.3 is 0 Å². The number of nitrogens with zero attached hydrogens (tertiary/aromatic N) is 1. The third-order valence-electron chi connectivity index (χ3n) is 3.92. The molecule has 1 aliphatic rings. The van der Waals surface area contributed by atoms with E-state index in [1.165, 1.54) is 12.1 Å². The van der Waals surface area contributed by atoms with Crippen LogP contribution in [0.5, 0.6) is 0 Å². The van der Waals surface area contributed by atoms with Crippen molar-refractivity contribution in [1.29, 1.82) is 0 Å². The Balaban J connectivity index is 2.18. The minimum Gasteiger partial charge on any atom is -0.371 e. The number of carbonyl (C=O) groups is 1. The average molecular weight is 265 g/mol. The summed E-state index contributed by atoms with van der Waals surface area (Å²) in [6, 6.07) is 16.3. The molecule has 0 aliphatic carbocycles. The van der Waals surface area contributed by atoms with Crippen LogP contribution in [-0.4, -0.2) is 18.9 Å². The Morgan fingerprint density at radius 2 is 1.80 bits per heavy atom. The van der Waals surface area contributed by atoms with Crippen molar-refractivity contribution in [1.82, 2.24) is 0 Å². The van der Waals surface area contributed by atoms with Gasteiger partial charge in [0.05, 0.1) is 0 Å². The van der Waals surface area contributed by atoms with Gasteiger partial charge in [-0.15, -0.1) is 0 Å². The van der Waals surface area contributed by atoms with Gasteiger partial charge in [0, 0.05) is 36.3 Å². The number of rotatable bonds is 4. The van der Waals surface area contributed by atoms with Crippen LogP contribution in [0.2, 0.25) is 0 Å².